The third-order valence-corrected chi connectivity index (χ3v) is 6.53. The molecule has 0 aromatic heterocycles. The van der Waals surface area contributed by atoms with Crippen LogP contribution in [0.5, 0.6) is 0 Å². The van der Waals surface area contributed by atoms with E-state index in [-0.39, 0.29) is 24.2 Å². The van der Waals surface area contributed by atoms with Crippen LogP contribution < -0.4 is 5.32 Å². The minimum atomic E-state index is -0.371. The second-order valence-corrected chi connectivity index (χ2v) is 9.52. The first-order chi connectivity index (χ1) is 17.0. The SMILES string of the molecule is CCCCOC(=O)c1ccc(NC(=O)CCCN2C(=O)/C(=C/C=C/c3ccccc3)SC2=S)cc1. The summed E-state index contributed by atoms with van der Waals surface area (Å²) in [5, 5.41) is 2.81. The molecule has 0 radical (unpaired) electrons. The third kappa shape index (κ3) is 8.19. The molecule has 1 saturated heterocycles. The van der Waals surface area contributed by atoms with E-state index >= 15 is 0 Å². The number of thiocarbonyl (C=S) groups is 1. The Bertz CT molecular complexity index is 1110. The summed E-state index contributed by atoms with van der Waals surface area (Å²) in [5.74, 6) is -0.681. The minimum absolute atomic E-state index is 0.139. The number of rotatable bonds is 11. The van der Waals surface area contributed by atoms with Gasteiger partial charge in [0.15, 0.2) is 0 Å². The van der Waals surface area contributed by atoms with Crippen LogP contribution in [0.4, 0.5) is 5.69 Å². The monoisotopic (exact) mass is 508 g/mol. The zero-order valence-electron chi connectivity index (χ0n) is 19.6. The summed E-state index contributed by atoms with van der Waals surface area (Å²) in [7, 11) is 0. The molecule has 6 nitrogen and oxygen atoms in total. The molecule has 1 N–H and O–H groups in total. The van der Waals surface area contributed by atoms with Gasteiger partial charge in [0.2, 0.25) is 5.91 Å². The molecule has 3 rings (SSSR count). The third-order valence-electron chi connectivity index (χ3n) is 5.13. The van der Waals surface area contributed by atoms with Crippen molar-refractivity contribution < 1.29 is 19.1 Å². The Hall–Kier alpha value is -3.23. The molecular weight excluding hydrogens is 480 g/mol. The lowest BCUT2D eigenvalue weighted by atomic mass is 10.2. The van der Waals surface area contributed by atoms with Gasteiger partial charge in [-0.25, -0.2) is 4.79 Å². The van der Waals surface area contributed by atoms with Crippen LogP contribution in [0.15, 0.2) is 71.7 Å². The number of unbranched alkanes of at least 4 members (excludes halogenated alkanes) is 1. The highest BCUT2D eigenvalue weighted by Crippen LogP contribution is 2.31. The molecule has 1 heterocycles. The second kappa shape index (κ2) is 13.6. The molecule has 0 atom stereocenters. The molecule has 1 aliphatic rings. The number of hydrogen-bond acceptors (Lipinski definition) is 6. The van der Waals surface area contributed by atoms with Gasteiger partial charge in [0.05, 0.1) is 17.1 Å². The fraction of sp³-hybridized carbons (Fsp3) is 0.259. The number of benzene rings is 2. The van der Waals surface area contributed by atoms with E-state index in [1.807, 2.05) is 49.4 Å². The molecule has 2 aromatic carbocycles. The van der Waals surface area contributed by atoms with E-state index in [1.165, 1.54) is 16.7 Å². The predicted molar refractivity (Wildman–Crippen MR) is 145 cm³/mol. The first-order valence-corrected chi connectivity index (χ1v) is 12.7. The molecule has 0 saturated carbocycles. The number of carbonyl (C=O) groups excluding carboxylic acids is 3. The Labute approximate surface area is 215 Å². The van der Waals surface area contributed by atoms with Crippen molar-refractivity contribution in [1.82, 2.24) is 4.90 Å². The first kappa shape index (κ1) is 26.4. The van der Waals surface area contributed by atoms with Crippen molar-refractivity contribution in [2.24, 2.45) is 0 Å². The molecule has 1 aliphatic heterocycles. The number of amides is 2. The smallest absolute Gasteiger partial charge is 0.338 e. The topological polar surface area (TPSA) is 75.7 Å². The maximum absolute atomic E-state index is 12.7. The zero-order valence-corrected chi connectivity index (χ0v) is 21.2. The maximum atomic E-state index is 12.7. The molecule has 35 heavy (non-hydrogen) atoms. The normalized spacial score (nSPS) is 14.7. The number of nitrogens with zero attached hydrogens (tertiary/aromatic N) is 1. The van der Waals surface area contributed by atoms with Gasteiger partial charge in [-0.3, -0.25) is 14.5 Å². The van der Waals surface area contributed by atoms with Gasteiger partial charge >= 0.3 is 5.97 Å². The molecule has 0 spiro atoms. The summed E-state index contributed by atoms with van der Waals surface area (Å²) in [5.41, 5.74) is 2.09. The van der Waals surface area contributed by atoms with E-state index in [2.05, 4.69) is 5.32 Å². The average molecular weight is 509 g/mol. The lowest BCUT2D eigenvalue weighted by molar-refractivity contribution is -0.122. The van der Waals surface area contributed by atoms with Crippen LogP contribution in [0.1, 0.15) is 48.5 Å². The fourth-order valence-corrected chi connectivity index (χ4v) is 4.48. The van der Waals surface area contributed by atoms with Crippen LogP contribution in [-0.2, 0) is 14.3 Å². The van der Waals surface area contributed by atoms with E-state index in [4.69, 9.17) is 17.0 Å². The Kier molecular flexibility index (Phi) is 10.3. The van der Waals surface area contributed by atoms with E-state index < -0.39 is 0 Å². The number of nitrogens with one attached hydrogen (secondary N) is 1. The van der Waals surface area contributed by atoms with Gasteiger partial charge in [0.25, 0.3) is 5.91 Å². The lowest BCUT2D eigenvalue weighted by Crippen LogP contribution is -2.29. The summed E-state index contributed by atoms with van der Waals surface area (Å²) < 4.78 is 5.68. The van der Waals surface area contributed by atoms with Gasteiger partial charge in [-0.05, 0) is 48.7 Å². The van der Waals surface area contributed by atoms with Crippen LogP contribution in [0, 0.1) is 0 Å². The largest absolute Gasteiger partial charge is 0.462 e. The van der Waals surface area contributed by atoms with E-state index in [0.29, 0.717) is 40.0 Å². The van der Waals surface area contributed by atoms with Gasteiger partial charge in [0.1, 0.15) is 4.32 Å². The number of ether oxygens (including phenoxy) is 1. The molecule has 2 amide bonds. The van der Waals surface area contributed by atoms with Gasteiger partial charge in [-0.1, -0.05) is 79.8 Å². The van der Waals surface area contributed by atoms with Gasteiger partial charge < -0.3 is 10.1 Å². The lowest BCUT2D eigenvalue weighted by Gasteiger charge is -2.14. The molecule has 2 aromatic rings. The van der Waals surface area contributed by atoms with Crippen molar-refractivity contribution in [1.29, 1.82) is 0 Å². The quantitative estimate of drug-likeness (QED) is 0.178. The van der Waals surface area contributed by atoms with Crippen LogP contribution >= 0.6 is 24.0 Å². The highest BCUT2D eigenvalue weighted by Gasteiger charge is 2.31. The van der Waals surface area contributed by atoms with Crippen molar-refractivity contribution in [2.75, 3.05) is 18.5 Å². The number of anilines is 1. The van der Waals surface area contributed by atoms with Gasteiger partial charge in [-0.15, -0.1) is 0 Å². The van der Waals surface area contributed by atoms with Crippen LogP contribution in [0.2, 0.25) is 0 Å². The Morgan fingerprint density at radius 3 is 2.54 bits per heavy atom. The number of hydrogen-bond donors (Lipinski definition) is 1. The summed E-state index contributed by atoms with van der Waals surface area (Å²) in [6.45, 7) is 2.80. The number of esters is 1. The summed E-state index contributed by atoms with van der Waals surface area (Å²) in [6, 6.07) is 16.4. The first-order valence-electron chi connectivity index (χ1n) is 11.5. The standard InChI is InChI=1S/C27H28N2O4S2/c1-2-3-19-33-26(32)21-14-16-22(17-15-21)28-24(30)13-8-18-29-25(31)23(35-27(29)34)12-7-11-20-9-5-4-6-10-20/h4-7,9-12,14-17H,2-3,8,13,18-19H2,1H3,(H,28,30)/b11-7+,23-12-. The highest BCUT2D eigenvalue weighted by molar-refractivity contribution is 8.26. The molecule has 1 fully saturated rings. The summed E-state index contributed by atoms with van der Waals surface area (Å²) in [4.78, 5) is 39.1. The van der Waals surface area contributed by atoms with Crippen LogP contribution in [0.3, 0.4) is 0 Å². The molecule has 8 heteroatoms. The Balaban J connectivity index is 1.43. The summed E-state index contributed by atoms with van der Waals surface area (Å²) in [6.07, 6.45) is 8.04. The fourth-order valence-electron chi connectivity index (χ4n) is 3.22. The molecular formula is C27H28N2O4S2. The van der Waals surface area contributed by atoms with Crippen LogP contribution in [-0.4, -0.2) is 40.2 Å². The van der Waals surface area contributed by atoms with Crippen molar-refractivity contribution in [2.45, 2.75) is 32.6 Å². The predicted octanol–water partition coefficient (Wildman–Crippen LogP) is 5.82. The summed E-state index contributed by atoms with van der Waals surface area (Å²) >= 11 is 6.62. The minimum Gasteiger partial charge on any atom is -0.462 e. The average Bonchev–Trinajstić information content (AvgIpc) is 3.13. The molecule has 182 valence electrons. The molecule has 0 aliphatic carbocycles. The van der Waals surface area contributed by atoms with Crippen molar-refractivity contribution in [3.63, 3.8) is 0 Å². The molecule has 0 bridgehead atoms. The number of thioether (sulfide) groups is 1. The number of carbonyl (C=O) groups is 3. The van der Waals surface area contributed by atoms with E-state index in [0.717, 1.165) is 18.4 Å². The van der Waals surface area contributed by atoms with Gasteiger partial charge in [0, 0.05) is 18.7 Å². The highest BCUT2D eigenvalue weighted by atomic mass is 32.2. The second-order valence-electron chi connectivity index (χ2n) is 7.84. The van der Waals surface area contributed by atoms with Gasteiger partial charge in [-0.2, -0.15) is 0 Å². The van der Waals surface area contributed by atoms with E-state index in [9.17, 15) is 14.4 Å². The van der Waals surface area contributed by atoms with Crippen molar-refractivity contribution in [3.8, 4) is 0 Å². The Morgan fingerprint density at radius 2 is 1.83 bits per heavy atom. The van der Waals surface area contributed by atoms with E-state index in [1.54, 1.807) is 30.3 Å². The maximum Gasteiger partial charge on any atom is 0.338 e. The van der Waals surface area contributed by atoms with Crippen molar-refractivity contribution in [3.05, 3.63) is 82.8 Å². The molecule has 0 unspecified atom stereocenters. The van der Waals surface area contributed by atoms with Crippen molar-refractivity contribution >= 4 is 57.8 Å². The Morgan fingerprint density at radius 1 is 1.09 bits per heavy atom. The van der Waals surface area contributed by atoms with Crippen LogP contribution in [0.25, 0.3) is 6.08 Å². The number of allylic oxidation sites excluding steroid dienone is 2. The zero-order chi connectivity index (χ0) is 25.0.